The first-order valence-electron chi connectivity index (χ1n) is 16.7. The van der Waals surface area contributed by atoms with Crippen molar-refractivity contribution in [3.8, 4) is 22.8 Å². The lowest BCUT2D eigenvalue weighted by Gasteiger charge is -2.32. The number of amides is 1. The molecule has 3 aliphatic rings. The topological polar surface area (TPSA) is 136 Å². The first kappa shape index (κ1) is 34.6. The molecule has 4 aromatic rings. The third-order valence-corrected chi connectivity index (χ3v) is 12.6. The molecule has 0 radical (unpaired) electrons. The van der Waals surface area contributed by atoms with Crippen LogP contribution in [0.4, 0.5) is 18.3 Å². The fourth-order valence-corrected chi connectivity index (χ4v) is 8.44. The van der Waals surface area contributed by atoms with Gasteiger partial charge in [0.2, 0.25) is 10.0 Å². The van der Waals surface area contributed by atoms with E-state index in [0.717, 1.165) is 36.4 Å². The predicted octanol–water partition coefficient (Wildman–Crippen LogP) is 6.89. The molecule has 50 heavy (non-hydrogen) atoms. The van der Waals surface area contributed by atoms with E-state index in [1.807, 2.05) is 13.8 Å². The summed E-state index contributed by atoms with van der Waals surface area (Å²) in [5, 5.41) is 8.56. The second-order valence-electron chi connectivity index (χ2n) is 13.7. The summed E-state index contributed by atoms with van der Waals surface area (Å²) in [5.74, 6) is 0.288. The molecule has 2 aromatic heterocycles. The van der Waals surface area contributed by atoms with E-state index in [1.54, 1.807) is 31.2 Å². The number of carbonyl (C=O) groups excluding carboxylic acids is 1. The van der Waals surface area contributed by atoms with Gasteiger partial charge in [0.05, 0.1) is 15.6 Å². The van der Waals surface area contributed by atoms with E-state index in [9.17, 15) is 26.4 Å². The Hall–Kier alpha value is -3.89. The van der Waals surface area contributed by atoms with E-state index in [0.29, 0.717) is 59.9 Å². The average molecular weight is 734 g/mol. The van der Waals surface area contributed by atoms with Crippen molar-refractivity contribution < 1.29 is 40.4 Å². The van der Waals surface area contributed by atoms with Crippen molar-refractivity contribution in [2.45, 2.75) is 95.0 Å². The second-order valence-corrected chi connectivity index (χ2v) is 16.9. The molecule has 0 atom stereocenters. The number of hydrogen-bond acceptors (Lipinski definition) is 11. The number of aromatic nitrogens is 2. The molecule has 2 saturated carbocycles. The van der Waals surface area contributed by atoms with Gasteiger partial charge in [-0.2, -0.15) is 0 Å². The summed E-state index contributed by atoms with van der Waals surface area (Å²) in [6, 6.07) is 9.29. The number of halogens is 3. The van der Waals surface area contributed by atoms with Crippen LogP contribution in [0.3, 0.4) is 0 Å². The normalized spacial score (nSPS) is 18.1. The van der Waals surface area contributed by atoms with Crippen LogP contribution in [0.25, 0.3) is 21.5 Å². The maximum atomic E-state index is 13.2. The van der Waals surface area contributed by atoms with Gasteiger partial charge in [0.15, 0.2) is 5.13 Å². The Kier molecular flexibility index (Phi) is 9.00. The van der Waals surface area contributed by atoms with Crippen molar-refractivity contribution in [2.24, 2.45) is 0 Å². The number of piperidine rings is 1. The van der Waals surface area contributed by atoms with Gasteiger partial charge in [-0.15, -0.1) is 13.2 Å². The van der Waals surface area contributed by atoms with E-state index < -0.39 is 27.0 Å². The molecule has 3 fully saturated rings. The van der Waals surface area contributed by atoms with Crippen LogP contribution in [0, 0.1) is 0 Å². The van der Waals surface area contributed by atoms with E-state index in [1.165, 1.54) is 23.5 Å². The molecule has 16 heteroatoms. The Morgan fingerprint density at radius 3 is 2.50 bits per heavy atom. The molecule has 2 aromatic carbocycles. The molecule has 0 bridgehead atoms. The van der Waals surface area contributed by atoms with Crippen molar-refractivity contribution in [1.82, 2.24) is 20.2 Å². The fourth-order valence-electron chi connectivity index (χ4n) is 6.11. The average Bonchev–Trinajstić information content (AvgIpc) is 3.96. The molecule has 11 nitrogen and oxygen atoms in total. The van der Waals surface area contributed by atoms with Gasteiger partial charge in [-0.1, -0.05) is 28.6 Å². The minimum atomic E-state index is -4.84. The van der Waals surface area contributed by atoms with Crippen LogP contribution in [-0.2, 0) is 16.6 Å². The molecular formula is C34H38F3N5O6S2. The van der Waals surface area contributed by atoms with Crippen LogP contribution in [0.1, 0.15) is 86.9 Å². The van der Waals surface area contributed by atoms with Crippen LogP contribution < -0.4 is 24.4 Å². The molecule has 3 heterocycles. The molecular weight excluding hydrogens is 696 g/mol. The third-order valence-electron chi connectivity index (χ3n) is 9.37. The van der Waals surface area contributed by atoms with Crippen LogP contribution >= 0.6 is 11.3 Å². The minimum Gasteiger partial charge on any atom is -0.489 e. The van der Waals surface area contributed by atoms with Crippen molar-refractivity contribution in [2.75, 3.05) is 18.0 Å². The van der Waals surface area contributed by atoms with E-state index in [2.05, 4.69) is 24.8 Å². The maximum Gasteiger partial charge on any atom is 0.573 e. The maximum absolute atomic E-state index is 13.2. The number of rotatable bonds is 12. The molecule has 2 N–H and O–H groups in total. The zero-order chi connectivity index (χ0) is 35.4. The summed E-state index contributed by atoms with van der Waals surface area (Å²) >= 11 is 1.41. The zero-order valence-electron chi connectivity index (χ0n) is 27.8. The number of para-hydroxylation sites is 1. The summed E-state index contributed by atoms with van der Waals surface area (Å²) in [4.78, 5) is 20.2. The number of benzene rings is 2. The second kappa shape index (κ2) is 13.0. The highest BCUT2D eigenvalue weighted by Gasteiger charge is 2.51. The number of fused-ring (bicyclic) bond motifs is 1. The zero-order valence-corrected chi connectivity index (χ0v) is 29.4. The fraction of sp³-hybridized carbons (Fsp3) is 0.500. The number of hydrogen-bond donors (Lipinski definition) is 2. The molecule has 0 unspecified atom stereocenters. The number of ether oxygens (including phenoxy) is 2. The molecule has 268 valence electrons. The number of sulfonamides is 1. The summed E-state index contributed by atoms with van der Waals surface area (Å²) in [6.45, 7) is 7.13. The van der Waals surface area contributed by atoms with Gasteiger partial charge in [0.1, 0.15) is 28.5 Å². The quantitative estimate of drug-likeness (QED) is 0.159. The molecule has 1 amide bonds. The Bertz CT molecular complexity index is 2010. The minimum absolute atomic E-state index is 0.127. The number of alkyl halides is 3. The Labute approximate surface area is 291 Å². The van der Waals surface area contributed by atoms with Gasteiger partial charge in [0, 0.05) is 48.3 Å². The summed E-state index contributed by atoms with van der Waals surface area (Å²) in [7, 11) is -3.81. The van der Waals surface area contributed by atoms with E-state index in [-0.39, 0.29) is 34.9 Å². The van der Waals surface area contributed by atoms with Gasteiger partial charge in [-0.3, -0.25) is 4.79 Å². The monoisotopic (exact) mass is 733 g/mol. The van der Waals surface area contributed by atoms with E-state index >= 15 is 0 Å². The van der Waals surface area contributed by atoms with Crippen molar-refractivity contribution in [3.05, 3.63) is 53.3 Å². The smallest absolute Gasteiger partial charge is 0.489 e. The van der Waals surface area contributed by atoms with Crippen LogP contribution in [0.15, 0.2) is 40.9 Å². The summed E-state index contributed by atoms with van der Waals surface area (Å²) in [5.41, 5.74) is 2.11. The highest BCUT2D eigenvalue weighted by atomic mass is 32.2. The van der Waals surface area contributed by atoms with Crippen LogP contribution in [-0.4, -0.2) is 60.8 Å². The Morgan fingerprint density at radius 1 is 1.12 bits per heavy atom. The molecule has 1 aliphatic heterocycles. The predicted molar refractivity (Wildman–Crippen MR) is 182 cm³/mol. The lowest BCUT2D eigenvalue weighted by Crippen LogP contribution is -2.42. The van der Waals surface area contributed by atoms with Crippen LogP contribution in [0.5, 0.6) is 11.5 Å². The molecule has 2 aliphatic carbocycles. The largest absolute Gasteiger partial charge is 0.573 e. The highest BCUT2D eigenvalue weighted by Crippen LogP contribution is 2.46. The number of nitrogens with zero attached hydrogens (tertiary/aromatic N) is 3. The summed E-state index contributed by atoms with van der Waals surface area (Å²) in [6.07, 6.45) is -0.570. The standard InChI is InChI=1S/C34H38F3N5O6S2/c1-19(2)46-26-16-21(31(43)41-50(44,45)33(3)12-13-33)17-27-29(26)39-32(49-27)42-14-10-22(11-15-42)38-18-24-28(40-48-30(24)20-8-9-20)23-6-4-5-7-25(23)47-34(35,36)37/h4-7,16-17,19-20,22,38H,8-15,18H2,1-3H3,(H,41,43). The molecule has 7 rings (SSSR count). The van der Waals surface area contributed by atoms with Crippen molar-refractivity contribution in [3.63, 3.8) is 0 Å². The molecule has 1 saturated heterocycles. The third kappa shape index (κ3) is 7.28. The number of nitrogens with one attached hydrogen (secondary N) is 2. The van der Waals surface area contributed by atoms with Gasteiger partial charge < -0.3 is 24.2 Å². The highest BCUT2D eigenvalue weighted by molar-refractivity contribution is 7.91. The van der Waals surface area contributed by atoms with Gasteiger partial charge >= 0.3 is 6.36 Å². The van der Waals surface area contributed by atoms with Gasteiger partial charge in [-0.05, 0) is 83.6 Å². The first-order chi connectivity index (χ1) is 23.7. The van der Waals surface area contributed by atoms with Crippen LogP contribution in [0.2, 0.25) is 0 Å². The lowest BCUT2D eigenvalue weighted by atomic mass is 10.0. The summed E-state index contributed by atoms with van der Waals surface area (Å²) < 4.78 is 83.0. The van der Waals surface area contributed by atoms with Crippen molar-refractivity contribution >= 4 is 42.6 Å². The van der Waals surface area contributed by atoms with Crippen molar-refractivity contribution in [1.29, 1.82) is 0 Å². The Morgan fingerprint density at radius 2 is 1.84 bits per heavy atom. The SMILES string of the molecule is CC(C)Oc1cc(C(=O)NS(=O)(=O)C2(C)CC2)cc2sc(N3CCC(NCc4c(-c5ccccc5OC(F)(F)F)noc4C4CC4)CC3)nc12. The van der Waals surface area contributed by atoms with Gasteiger partial charge in [0.25, 0.3) is 5.91 Å². The Balaban J connectivity index is 1.05. The lowest BCUT2D eigenvalue weighted by molar-refractivity contribution is -0.274. The first-order valence-corrected chi connectivity index (χ1v) is 19.0. The van der Waals surface area contributed by atoms with E-state index in [4.69, 9.17) is 14.2 Å². The number of carbonyl (C=O) groups is 1. The number of thiazole rings is 1. The van der Waals surface area contributed by atoms with Gasteiger partial charge in [-0.25, -0.2) is 18.1 Å². The number of anilines is 1. The molecule has 0 spiro atoms.